The van der Waals surface area contributed by atoms with E-state index in [1.54, 1.807) is 12.4 Å². The summed E-state index contributed by atoms with van der Waals surface area (Å²) in [6, 6.07) is 7.59. The zero-order chi connectivity index (χ0) is 17.1. The number of aromatic nitrogens is 2. The molecule has 0 aliphatic carbocycles. The van der Waals surface area contributed by atoms with E-state index in [1.165, 1.54) is 0 Å². The van der Waals surface area contributed by atoms with Gasteiger partial charge in [-0.1, -0.05) is 23.7 Å². The summed E-state index contributed by atoms with van der Waals surface area (Å²) in [5, 5.41) is 0.693. The van der Waals surface area contributed by atoms with Crippen LogP contribution in [-0.4, -0.2) is 48.5 Å². The quantitative estimate of drug-likeness (QED) is 0.834. The van der Waals surface area contributed by atoms with Crippen LogP contribution < -0.4 is 9.64 Å². The Morgan fingerprint density at radius 2 is 2.24 bits per heavy atom. The number of ether oxygens (including phenoxy) is 3. The second-order valence-electron chi connectivity index (χ2n) is 6.39. The molecule has 7 heteroatoms. The van der Waals surface area contributed by atoms with E-state index >= 15 is 0 Å². The topological polar surface area (TPSA) is 56.7 Å². The predicted molar refractivity (Wildman–Crippen MR) is 94.1 cm³/mol. The molecule has 0 N–H and O–H groups in total. The van der Waals surface area contributed by atoms with E-state index in [1.807, 2.05) is 24.3 Å². The number of anilines is 1. The summed E-state index contributed by atoms with van der Waals surface area (Å²) in [5.41, 5.74) is 0.783. The van der Waals surface area contributed by atoms with Crippen molar-refractivity contribution in [1.29, 1.82) is 0 Å². The number of rotatable bonds is 4. The van der Waals surface area contributed by atoms with Gasteiger partial charge in [0.15, 0.2) is 5.82 Å². The molecule has 1 aromatic heterocycles. The predicted octanol–water partition coefficient (Wildman–Crippen LogP) is 2.70. The van der Waals surface area contributed by atoms with Gasteiger partial charge in [0, 0.05) is 24.6 Å². The van der Waals surface area contributed by atoms with E-state index < -0.39 is 0 Å². The molecule has 1 atom stereocenters. The lowest BCUT2D eigenvalue weighted by Gasteiger charge is -2.39. The van der Waals surface area contributed by atoms with Crippen LogP contribution in [-0.2, 0) is 16.1 Å². The Hall–Kier alpha value is -1.89. The Morgan fingerprint density at radius 3 is 3.08 bits per heavy atom. The minimum atomic E-state index is -0.211. The Labute approximate surface area is 151 Å². The van der Waals surface area contributed by atoms with Crippen molar-refractivity contribution in [3.05, 3.63) is 47.2 Å². The average molecular weight is 362 g/mol. The maximum atomic E-state index is 6.00. The number of benzene rings is 1. The first-order chi connectivity index (χ1) is 12.2. The summed E-state index contributed by atoms with van der Waals surface area (Å²) in [6.07, 6.45) is 4.31. The highest BCUT2D eigenvalue weighted by Crippen LogP contribution is 2.29. The molecule has 132 valence electrons. The second kappa shape index (κ2) is 7.15. The van der Waals surface area contributed by atoms with E-state index in [-0.39, 0.29) is 5.60 Å². The fourth-order valence-electron chi connectivity index (χ4n) is 3.21. The van der Waals surface area contributed by atoms with Crippen LogP contribution in [0.2, 0.25) is 5.02 Å². The maximum absolute atomic E-state index is 6.00. The number of hydrogen-bond donors (Lipinski definition) is 0. The van der Waals surface area contributed by atoms with Gasteiger partial charge in [0.2, 0.25) is 5.88 Å². The van der Waals surface area contributed by atoms with Crippen molar-refractivity contribution in [2.45, 2.75) is 18.6 Å². The Bertz CT molecular complexity index is 737. The monoisotopic (exact) mass is 361 g/mol. The second-order valence-corrected chi connectivity index (χ2v) is 6.83. The average Bonchev–Trinajstić information content (AvgIpc) is 3.08. The molecule has 6 nitrogen and oxygen atoms in total. The van der Waals surface area contributed by atoms with E-state index in [9.17, 15) is 0 Å². The molecular weight excluding hydrogens is 342 g/mol. The molecule has 4 rings (SSSR count). The molecule has 1 aromatic carbocycles. The van der Waals surface area contributed by atoms with Crippen molar-refractivity contribution in [3.8, 4) is 5.88 Å². The van der Waals surface area contributed by atoms with E-state index in [4.69, 9.17) is 25.8 Å². The summed E-state index contributed by atoms with van der Waals surface area (Å²) in [6.45, 7) is 4.01. The highest BCUT2D eigenvalue weighted by Gasteiger charge is 2.40. The van der Waals surface area contributed by atoms with Gasteiger partial charge in [-0.15, -0.1) is 0 Å². The number of nitrogens with zero attached hydrogens (tertiary/aromatic N) is 3. The zero-order valence-corrected chi connectivity index (χ0v) is 14.6. The van der Waals surface area contributed by atoms with Gasteiger partial charge < -0.3 is 19.1 Å². The van der Waals surface area contributed by atoms with Crippen LogP contribution >= 0.6 is 11.6 Å². The third kappa shape index (κ3) is 3.86. The lowest BCUT2D eigenvalue weighted by Crippen LogP contribution is -2.52. The number of hydrogen-bond acceptors (Lipinski definition) is 6. The van der Waals surface area contributed by atoms with Crippen molar-refractivity contribution in [1.82, 2.24) is 9.97 Å². The van der Waals surface area contributed by atoms with Gasteiger partial charge in [0.05, 0.1) is 32.2 Å². The Morgan fingerprint density at radius 1 is 1.28 bits per heavy atom. The van der Waals surface area contributed by atoms with Gasteiger partial charge in [-0.25, -0.2) is 0 Å². The Balaban J connectivity index is 1.44. The smallest absolute Gasteiger partial charge is 0.234 e. The molecule has 3 heterocycles. The lowest BCUT2D eigenvalue weighted by molar-refractivity contribution is -0.0581. The van der Waals surface area contributed by atoms with Crippen LogP contribution in [0.4, 0.5) is 5.82 Å². The maximum Gasteiger partial charge on any atom is 0.234 e. The van der Waals surface area contributed by atoms with Crippen LogP contribution in [0.1, 0.15) is 12.0 Å². The molecule has 2 aliphatic rings. The van der Waals surface area contributed by atoms with Crippen LogP contribution in [0, 0.1) is 0 Å². The summed E-state index contributed by atoms with van der Waals surface area (Å²) in [5.74, 6) is 1.30. The first-order valence-corrected chi connectivity index (χ1v) is 8.76. The fraction of sp³-hybridized carbons (Fsp3) is 0.444. The fourth-order valence-corrected chi connectivity index (χ4v) is 3.42. The minimum absolute atomic E-state index is 0.211. The molecule has 2 aliphatic heterocycles. The molecule has 0 radical (unpaired) electrons. The van der Waals surface area contributed by atoms with Crippen LogP contribution in [0.25, 0.3) is 0 Å². The van der Waals surface area contributed by atoms with Gasteiger partial charge in [0.25, 0.3) is 0 Å². The summed E-state index contributed by atoms with van der Waals surface area (Å²) in [4.78, 5) is 11.1. The summed E-state index contributed by atoms with van der Waals surface area (Å²) >= 11 is 6.00. The molecule has 25 heavy (non-hydrogen) atoms. The normalized spacial score (nSPS) is 23.2. The van der Waals surface area contributed by atoms with Crippen LogP contribution in [0.15, 0.2) is 36.7 Å². The standard InChI is InChI=1S/C18H20ClN3O3/c19-15-3-1-2-14(8-15)11-24-17-10-20-9-16(21-17)22-5-7-25-18(12-22)4-6-23-13-18/h1-3,8-10H,4-7,11-13H2. The van der Waals surface area contributed by atoms with Gasteiger partial charge in [-0.05, 0) is 17.7 Å². The first-order valence-electron chi connectivity index (χ1n) is 8.38. The zero-order valence-electron chi connectivity index (χ0n) is 13.9. The van der Waals surface area contributed by atoms with Gasteiger partial charge >= 0.3 is 0 Å². The molecule has 2 aromatic rings. The third-order valence-electron chi connectivity index (χ3n) is 4.52. The van der Waals surface area contributed by atoms with Crippen LogP contribution in [0.5, 0.6) is 5.88 Å². The van der Waals surface area contributed by atoms with E-state index in [0.29, 0.717) is 30.7 Å². The van der Waals surface area contributed by atoms with E-state index in [2.05, 4.69) is 14.9 Å². The van der Waals surface area contributed by atoms with Crippen molar-refractivity contribution >= 4 is 17.4 Å². The molecule has 0 amide bonds. The van der Waals surface area contributed by atoms with Crippen LogP contribution in [0.3, 0.4) is 0 Å². The number of morpholine rings is 1. The van der Waals surface area contributed by atoms with Crippen molar-refractivity contribution in [2.75, 3.05) is 37.8 Å². The summed E-state index contributed by atoms with van der Waals surface area (Å²) < 4.78 is 17.3. The van der Waals surface area contributed by atoms with Gasteiger partial charge in [-0.3, -0.25) is 4.98 Å². The Kier molecular flexibility index (Phi) is 4.74. The van der Waals surface area contributed by atoms with Crippen molar-refractivity contribution < 1.29 is 14.2 Å². The molecule has 1 spiro atoms. The molecule has 0 bridgehead atoms. The van der Waals surface area contributed by atoms with Crippen molar-refractivity contribution in [3.63, 3.8) is 0 Å². The molecular formula is C18H20ClN3O3. The largest absolute Gasteiger partial charge is 0.472 e. The molecule has 1 unspecified atom stereocenters. The van der Waals surface area contributed by atoms with E-state index in [0.717, 1.165) is 37.5 Å². The van der Waals surface area contributed by atoms with Gasteiger partial charge in [0.1, 0.15) is 12.2 Å². The highest BCUT2D eigenvalue weighted by molar-refractivity contribution is 6.30. The van der Waals surface area contributed by atoms with Crippen molar-refractivity contribution in [2.24, 2.45) is 0 Å². The first kappa shape index (κ1) is 16.6. The minimum Gasteiger partial charge on any atom is -0.472 e. The molecule has 2 saturated heterocycles. The third-order valence-corrected chi connectivity index (χ3v) is 4.75. The molecule has 0 saturated carbocycles. The molecule has 2 fully saturated rings. The summed E-state index contributed by atoms with van der Waals surface area (Å²) in [7, 11) is 0. The lowest BCUT2D eigenvalue weighted by atomic mass is 10.0. The van der Waals surface area contributed by atoms with Gasteiger partial charge in [-0.2, -0.15) is 4.98 Å². The highest BCUT2D eigenvalue weighted by atomic mass is 35.5. The SMILES string of the molecule is Clc1cccc(COc2cncc(N3CCOC4(CCOC4)C3)n2)c1. The number of halogens is 1.